The molecule has 1 aromatic carbocycles. The Morgan fingerprint density at radius 3 is 2.74 bits per heavy atom. The first-order chi connectivity index (χ1) is 9.03. The summed E-state index contributed by atoms with van der Waals surface area (Å²) in [5.74, 6) is 0. The summed E-state index contributed by atoms with van der Waals surface area (Å²) in [7, 11) is -1.38. The maximum Gasteiger partial charge on any atom is 0.131 e. The minimum absolute atomic E-state index is 0.892. The van der Waals surface area contributed by atoms with Gasteiger partial charge in [-0.15, -0.1) is 5.54 Å². The molecule has 2 heterocycles. The van der Waals surface area contributed by atoms with Gasteiger partial charge in [-0.1, -0.05) is 43.9 Å². The molecule has 0 unspecified atom stereocenters. The lowest BCUT2D eigenvalue weighted by atomic mass is 10.1. The number of benzene rings is 1. The van der Waals surface area contributed by atoms with Crippen molar-refractivity contribution in [3.63, 3.8) is 0 Å². The molecule has 94 valence electrons. The van der Waals surface area contributed by atoms with Gasteiger partial charge >= 0.3 is 0 Å². The van der Waals surface area contributed by atoms with Gasteiger partial charge in [0.05, 0.1) is 6.20 Å². The molecule has 19 heavy (non-hydrogen) atoms. The van der Waals surface area contributed by atoms with Crippen LogP contribution in [0.4, 0.5) is 0 Å². The van der Waals surface area contributed by atoms with Gasteiger partial charge in [0.15, 0.2) is 0 Å². The maximum absolute atomic E-state index is 4.55. The monoisotopic (exact) mass is 265 g/mol. The predicted octanol–water partition coefficient (Wildman–Crippen LogP) is 3.27. The summed E-state index contributed by atoms with van der Waals surface area (Å²) in [5, 5.41) is 6.78. The van der Waals surface area contributed by atoms with E-state index in [1.54, 1.807) is 4.68 Å². The van der Waals surface area contributed by atoms with E-state index < -0.39 is 8.07 Å². The first kappa shape index (κ1) is 11.9. The van der Waals surface area contributed by atoms with Crippen LogP contribution in [0.25, 0.3) is 21.8 Å². The van der Waals surface area contributed by atoms with Crippen LogP contribution >= 0.6 is 0 Å². The van der Waals surface area contributed by atoms with Crippen molar-refractivity contribution in [2.45, 2.75) is 19.6 Å². The van der Waals surface area contributed by atoms with Crippen LogP contribution in [0.2, 0.25) is 19.6 Å². The van der Waals surface area contributed by atoms with Crippen molar-refractivity contribution in [2.75, 3.05) is 0 Å². The Hall–Kier alpha value is -2.12. The molecule has 0 bridgehead atoms. The van der Waals surface area contributed by atoms with Gasteiger partial charge in [0, 0.05) is 23.0 Å². The van der Waals surface area contributed by atoms with Crippen LogP contribution in [0.5, 0.6) is 0 Å². The van der Waals surface area contributed by atoms with Crippen LogP contribution in [0.1, 0.15) is 0 Å². The van der Waals surface area contributed by atoms with Gasteiger partial charge in [-0.25, -0.2) is 0 Å². The smallest absolute Gasteiger partial charge is 0.131 e. The zero-order valence-corrected chi connectivity index (χ0v) is 12.3. The Labute approximate surface area is 113 Å². The van der Waals surface area contributed by atoms with E-state index in [2.05, 4.69) is 53.4 Å². The summed E-state index contributed by atoms with van der Waals surface area (Å²) in [5.41, 5.74) is 5.12. The Kier molecular flexibility index (Phi) is 2.65. The zero-order chi connectivity index (χ0) is 13.5. The molecule has 0 N–H and O–H groups in total. The van der Waals surface area contributed by atoms with Crippen molar-refractivity contribution >= 4 is 29.9 Å². The molecule has 3 aromatic rings. The van der Waals surface area contributed by atoms with E-state index in [1.807, 2.05) is 24.5 Å². The number of rotatable bonds is 0. The third kappa shape index (κ3) is 2.38. The molecular formula is C15H15N3Si. The number of hydrogen-bond acceptors (Lipinski definition) is 2. The quantitative estimate of drug-likeness (QED) is 0.461. The van der Waals surface area contributed by atoms with Gasteiger partial charge in [-0.05, 0) is 0 Å². The fraction of sp³-hybridized carbons (Fsp3) is 0.200. The van der Waals surface area contributed by atoms with Crippen LogP contribution in [0.3, 0.4) is 0 Å². The molecular weight excluding hydrogens is 250 g/mol. The Morgan fingerprint density at radius 2 is 1.95 bits per heavy atom. The average Bonchev–Trinajstić information content (AvgIpc) is 2.79. The van der Waals surface area contributed by atoms with Crippen LogP contribution < -0.4 is 0 Å². The second-order valence-electron chi connectivity index (χ2n) is 5.64. The Morgan fingerprint density at radius 1 is 1.16 bits per heavy atom. The molecule has 4 heteroatoms. The first-order valence-electron chi connectivity index (χ1n) is 6.29. The maximum atomic E-state index is 4.55. The summed E-state index contributed by atoms with van der Waals surface area (Å²) in [6.45, 7) is 6.66. The molecule has 0 aliphatic carbocycles. The lowest BCUT2D eigenvalue weighted by Crippen LogP contribution is -2.16. The topological polar surface area (TPSA) is 30.7 Å². The first-order valence-corrected chi connectivity index (χ1v) is 9.79. The van der Waals surface area contributed by atoms with Crippen molar-refractivity contribution in [3.8, 4) is 11.6 Å². The number of hydrogen-bond donors (Lipinski definition) is 0. The van der Waals surface area contributed by atoms with Gasteiger partial charge < -0.3 is 0 Å². The summed E-state index contributed by atoms with van der Waals surface area (Å²) in [6, 6.07) is 11.3. The van der Waals surface area contributed by atoms with Crippen molar-refractivity contribution < 1.29 is 0 Å². The minimum Gasteiger partial charge on any atom is -0.252 e. The highest BCUT2D eigenvalue weighted by Gasteiger charge is 2.09. The minimum atomic E-state index is -1.38. The molecule has 0 aliphatic heterocycles. The summed E-state index contributed by atoms with van der Waals surface area (Å²) >= 11 is 0. The third-order valence-corrected chi connectivity index (χ3v) is 3.66. The summed E-state index contributed by atoms with van der Waals surface area (Å²) < 4.78 is 1.70. The number of pyridine rings is 1. The summed E-state index contributed by atoms with van der Waals surface area (Å²) in [4.78, 5) is 4.43. The molecule has 3 nitrogen and oxygen atoms in total. The van der Waals surface area contributed by atoms with E-state index in [4.69, 9.17) is 0 Å². The molecule has 2 aromatic heterocycles. The van der Waals surface area contributed by atoms with Crippen LogP contribution in [-0.4, -0.2) is 22.8 Å². The van der Waals surface area contributed by atoms with Crippen molar-refractivity contribution in [2.24, 2.45) is 0 Å². The highest BCUT2D eigenvalue weighted by Crippen LogP contribution is 2.21. The molecule has 0 saturated heterocycles. The largest absolute Gasteiger partial charge is 0.252 e. The highest BCUT2D eigenvalue weighted by atomic mass is 28.3. The van der Waals surface area contributed by atoms with Gasteiger partial charge in [-0.2, -0.15) is 9.78 Å². The van der Waals surface area contributed by atoms with Crippen LogP contribution in [0.15, 0.2) is 36.7 Å². The molecule has 3 rings (SSSR count). The van der Waals surface area contributed by atoms with E-state index in [0.717, 1.165) is 21.8 Å². The number of aromatic nitrogens is 3. The van der Waals surface area contributed by atoms with Gasteiger partial charge in [-0.3, -0.25) is 4.98 Å². The normalized spacial score (nSPS) is 11.5. The second kappa shape index (κ2) is 4.21. The molecule has 0 radical (unpaired) electrons. The van der Waals surface area contributed by atoms with Crippen molar-refractivity contribution in [1.29, 1.82) is 0 Å². The van der Waals surface area contributed by atoms with E-state index in [1.165, 1.54) is 0 Å². The molecule has 0 amide bonds. The average molecular weight is 265 g/mol. The van der Waals surface area contributed by atoms with E-state index in [0.29, 0.717) is 0 Å². The second-order valence-corrected chi connectivity index (χ2v) is 10.4. The molecule has 0 atom stereocenters. The summed E-state index contributed by atoms with van der Waals surface area (Å²) in [6.07, 6.45) is 3.78. The van der Waals surface area contributed by atoms with Crippen LogP contribution in [0, 0.1) is 11.6 Å². The Bertz CT molecular complexity index is 816. The lowest BCUT2D eigenvalue weighted by molar-refractivity contribution is 0.936. The van der Waals surface area contributed by atoms with E-state index in [9.17, 15) is 0 Å². The molecule has 0 spiro atoms. The Balaban J connectivity index is 2.20. The number of fused-ring (bicyclic) bond motifs is 3. The van der Waals surface area contributed by atoms with Crippen molar-refractivity contribution in [3.05, 3.63) is 36.7 Å². The van der Waals surface area contributed by atoms with Gasteiger partial charge in [0.2, 0.25) is 0 Å². The van der Waals surface area contributed by atoms with Crippen LogP contribution in [-0.2, 0) is 0 Å². The molecule has 0 saturated carbocycles. The lowest BCUT2D eigenvalue weighted by Gasteiger charge is -2.02. The fourth-order valence-corrected chi connectivity index (χ4v) is 2.35. The standard InChI is InChI=1S/C15H15N3Si/c1-19(2,3)9-8-18-11-14-15(17-18)13-7-5-4-6-12(13)10-16-14/h4-7,10-11H,1-3H3. The van der Waals surface area contributed by atoms with Gasteiger partial charge in [0.25, 0.3) is 0 Å². The fourth-order valence-electron chi connectivity index (χ4n) is 1.90. The highest BCUT2D eigenvalue weighted by molar-refractivity contribution is 6.83. The third-order valence-electron chi connectivity index (χ3n) is 2.80. The van der Waals surface area contributed by atoms with E-state index >= 15 is 0 Å². The SMILES string of the molecule is C[Si](C)(C)C#Cn1cc2ncc3ccccc3c2n1. The number of nitrogens with zero attached hydrogens (tertiary/aromatic N) is 3. The van der Waals surface area contributed by atoms with Crippen molar-refractivity contribution in [1.82, 2.24) is 14.8 Å². The van der Waals surface area contributed by atoms with Gasteiger partial charge in [0.1, 0.15) is 19.1 Å². The van der Waals surface area contributed by atoms with E-state index in [-0.39, 0.29) is 0 Å². The molecule has 0 fully saturated rings. The predicted molar refractivity (Wildman–Crippen MR) is 81.6 cm³/mol. The zero-order valence-electron chi connectivity index (χ0n) is 11.3. The molecule has 0 aliphatic rings.